The number of halogens is 1. The van der Waals surface area contributed by atoms with Crippen molar-refractivity contribution in [3.63, 3.8) is 0 Å². The van der Waals surface area contributed by atoms with Gasteiger partial charge in [-0.15, -0.1) is 0 Å². The van der Waals surface area contributed by atoms with Crippen LogP contribution < -0.4 is 5.32 Å². The van der Waals surface area contributed by atoms with Crippen molar-refractivity contribution in [2.24, 2.45) is 0 Å². The number of esters is 1. The monoisotopic (exact) mass is 348 g/mol. The summed E-state index contributed by atoms with van der Waals surface area (Å²) in [5.74, 6) is -1.29. The number of carbonyl (C=O) groups is 2. The summed E-state index contributed by atoms with van der Waals surface area (Å²) in [5.41, 5.74) is -0.804. The lowest BCUT2D eigenvalue weighted by Crippen LogP contribution is -2.20. The van der Waals surface area contributed by atoms with Crippen LogP contribution in [0.2, 0.25) is 0 Å². The molecular weight excluding hydrogens is 335 g/mol. The molecule has 0 unspecified atom stereocenters. The summed E-state index contributed by atoms with van der Waals surface area (Å²) < 4.78 is 22.9. The third-order valence-electron chi connectivity index (χ3n) is 2.92. The molecule has 0 saturated heterocycles. The van der Waals surface area contributed by atoms with Gasteiger partial charge < -0.3 is 14.5 Å². The van der Waals surface area contributed by atoms with Crippen LogP contribution in [0.4, 0.5) is 15.8 Å². The minimum absolute atomic E-state index is 0.200. The minimum Gasteiger partial charge on any atom is -0.462 e. The Bertz CT molecular complexity index is 843. The van der Waals surface area contributed by atoms with Crippen molar-refractivity contribution in [3.05, 3.63) is 63.9 Å². The molecule has 1 N–H and O–H groups in total. The fourth-order valence-electron chi connectivity index (χ4n) is 1.83. The number of hydrogen-bond acceptors (Lipinski definition) is 6. The quantitative estimate of drug-likeness (QED) is 0.372. The van der Waals surface area contributed by atoms with E-state index in [0.29, 0.717) is 17.6 Å². The SMILES string of the molecule is Cc1ccc(C=CC(=O)OCC(=O)Nc2ccc(F)cc2[N+](=O)[O-])o1. The summed E-state index contributed by atoms with van der Waals surface area (Å²) in [6.45, 7) is 1.09. The smallest absolute Gasteiger partial charge is 0.331 e. The molecule has 2 rings (SSSR count). The van der Waals surface area contributed by atoms with Gasteiger partial charge in [-0.25, -0.2) is 9.18 Å². The number of anilines is 1. The molecule has 0 aliphatic heterocycles. The first-order valence-electron chi connectivity index (χ1n) is 7.00. The summed E-state index contributed by atoms with van der Waals surface area (Å²) >= 11 is 0. The largest absolute Gasteiger partial charge is 0.462 e. The van der Waals surface area contributed by atoms with Gasteiger partial charge in [-0.1, -0.05) is 0 Å². The van der Waals surface area contributed by atoms with Gasteiger partial charge >= 0.3 is 5.97 Å². The van der Waals surface area contributed by atoms with E-state index in [0.717, 1.165) is 18.2 Å². The highest BCUT2D eigenvalue weighted by Crippen LogP contribution is 2.24. The van der Waals surface area contributed by atoms with Crippen molar-refractivity contribution in [1.29, 1.82) is 0 Å². The van der Waals surface area contributed by atoms with Crippen molar-refractivity contribution in [3.8, 4) is 0 Å². The predicted octanol–water partition coefficient (Wildman–Crippen LogP) is 2.83. The lowest BCUT2D eigenvalue weighted by atomic mass is 10.2. The Balaban J connectivity index is 1.89. The van der Waals surface area contributed by atoms with Gasteiger partial charge in [0, 0.05) is 6.08 Å². The minimum atomic E-state index is -0.835. The summed E-state index contributed by atoms with van der Waals surface area (Å²) in [5, 5.41) is 13.0. The van der Waals surface area contributed by atoms with E-state index < -0.39 is 34.9 Å². The van der Waals surface area contributed by atoms with Crippen LogP contribution in [-0.4, -0.2) is 23.4 Å². The molecule has 0 aliphatic carbocycles. The van der Waals surface area contributed by atoms with Gasteiger partial charge in [0.1, 0.15) is 23.0 Å². The second-order valence-corrected chi connectivity index (χ2v) is 4.86. The predicted molar refractivity (Wildman–Crippen MR) is 85.1 cm³/mol. The van der Waals surface area contributed by atoms with Crippen molar-refractivity contribution >= 4 is 29.3 Å². The maximum absolute atomic E-state index is 13.0. The number of benzene rings is 1. The Hall–Kier alpha value is -3.49. The van der Waals surface area contributed by atoms with Crippen LogP contribution in [0, 0.1) is 22.9 Å². The molecule has 0 bridgehead atoms. The second-order valence-electron chi connectivity index (χ2n) is 4.86. The van der Waals surface area contributed by atoms with Crippen LogP contribution in [0.15, 0.2) is 40.8 Å². The van der Waals surface area contributed by atoms with Crippen molar-refractivity contribution < 1.29 is 28.1 Å². The number of furan rings is 1. The highest BCUT2D eigenvalue weighted by atomic mass is 19.1. The Kier molecular flexibility index (Phi) is 5.62. The molecule has 1 heterocycles. The summed E-state index contributed by atoms with van der Waals surface area (Å²) in [4.78, 5) is 33.2. The Labute approximate surface area is 141 Å². The standard InChI is InChI=1S/C16H13FN2O6/c1-10-2-4-12(25-10)5-7-16(21)24-9-15(20)18-13-6-3-11(17)8-14(13)19(22)23/h2-8H,9H2,1H3,(H,18,20). The lowest BCUT2D eigenvalue weighted by Gasteiger charge is -2.06. The van der Waals surface area contributed by atoms with Crippen LogP contribution in [-0.2, 0) is 14.3 Å². The van der Waals surface area contributed by atoms with Crippen LogP contribution in [0.5, 0.6) is 0 Å². The average molecular weight is 348 g/mol. The van der Waals surface area contributed by atoms with E-state index in [1.807, 2.05) is 0 Å². The molecule has 0 atom stereocenters. The molecule has 0 radical (unpaired) electrons. The highest BCUT2D eigenvalue weighted by molar-refractivity contribution is 5.96. The van der Waals surface area contributed by atoms with E-state index >= 15 is 0 Å². The van der Waals surface area contributed by atoms with E-state index in [-0.39, 0.29) is 5.69 Å². The zero-order chi connectivity index (χ0) is 18.4. The molecule has 1 aromatic carbocycles. The molecule has 0 spiro atoms. The first kappa shape index (κ1) is 17.9. The normalized spacial score (nSPS) is 10.6. The number of nitro benzene ring substituents is 1. The molecule has 1 aromatic heterocycles. The van der Waals surface area contributed by atoms with Gasteiger partial charge in [-0.3, -0.25) is 14.9 Å². The summed E-state index contributed by atoms with van der Waals surface area (Å²) in [6, 6.07) is 6.05. The number of rotatable bonds is 6. The van der Waals surface area contributed by atoms with Gasteiger partial charge in [0.2, 0.25) is 0 Å². The Morgan fingerprint density at radius 3 is 2.76 bits per heavy atom. The van der Waals surface area contributed by atoms with Crippen molar-refractivity contribution in [2.45, 2.75) is 6.92 Å². The topological polar surface area (TPSA) is 112 Å². The van der Waals surface area contributed by atoms with E-state index in [9.17, 15) is 24.1 Å². The lowest BCUT2D eigenvalue weighted by molar-refractivity contribution is -0.384. The van der Waals surface area contributed by atoms with Crippen LogP contribution in [0.3, 0.4) is 0 Å². The molecule has 0 aliphatic rings. The number of hydrogen-bond donors (Lipinski definition) is 1. The Morgan fingerprint density at radius 2 is 2.12 bits per heavy atom. The molecule has 9 heteroatoms. The highest BCUT2D eigenvalue weighted by Gasteiger charge is 2.17. The molecule has 2 aromatic rings. The van der Waals surface area contributed by atoms with Crippen LogP contribution >= 0.6 is 0 Å². The third-order valence-corrected chi connectivity index (χ3v) is 2.92. The average Bonchev–Trinajstić information content (AvgIpc) is 2.98. The van der Waals surface area contributed by atoms with Gasteiger partial charge in [-0.2, -0.15) is 0 Å². The number of nitro groups is 1. The van der Waals surface area contributed by atoms with E-state index in [1.54, 1.807) is 19.1 Å². The van der Waals surface area contributed by atoms with E-state index in [4.69, 9.17) is 9.15 Å². The van der Waals surface area contributed by atoms with Gasteiger partial charge in [0.25, 0.3) is 11.6 Å². The Morgan fingerprint density at radius 1 is 1.36 bits per heavy atom. The molecule has 0 fully saturated rings. The van der Waals surface area contributed by atoms with E-state index in [1.165, 1.54) is 6.08 Å². The van der Waals surface area contributed by atoms with E-state index in [2.05, 4.69) is 5.32 Å². The van der Waals surface area contributed by atoms with Crippen molar-refractivity contribution in [1.82, 2.24) is 0 Å². The number of nitrogens with zero attached hydrogens (tertiary/aromatic N) is 1. The number of aryl methyl sites for hydroxylation is 1. The molecule has 8 nitrogen and oxygen atoms in total. The maximum Gasteiger partial charge on any atom is 0.331 e. The molecule has 130 valence electrons. The third kappa shape index (κ3) is 5.27. The van der Waals surface area contributed by atoms with Crippen LogP contribution in [0.1, 0.15) is 11.5 Å². The fraction of sp³-hybridized carbons (Fsp3) is 0.125. The first-order valence-corrected chi connectivity index (χ1v) is 7.00. The van der Waals surface area contributed by atoms with Crippen LogP contribution in [0.25, 0.3) is 6.08 Å². The maximum atomic E-state index is 13.0. The molecule has 0 saturated carbocycles. The van der Waals surface area contributed by atoms with Gasteiger partial charge in [0.15, 0.2) is 6.61 Å². The summed E-state index contributed by atoms with van der Waals surface area (Å²) in [7, 11) is 0. The zero-order valence-electron chi connectivity index (χ0n) is 13.0. The number of ether oxygens (including phenoxy) is 1. The van der Waals surface area contributed by atoms with Crippen molar-refractivity contribution in [2.75, 3.05) is 11.9 Å². The number of carbonyl (C=O) groups excluding carboxylic acids is 2. The van der Waals surface area contributed by atoms with Gasteiger partial charge in [-0.05, 0) is 37.3 Å². The fourth-order valence-corrected chi connectivity index (χ4v) is 1.83. The number of amides is 1. The molecule has 25 heavy (non-hydrogen) atoms. The zero-order valence-corrected chi connectivity index (χ0v) is 13.0. The number of nitrogens with one attached hydrogen (secondary N) is 1. The molecule has 1 amide bonds. The molecular formula is C16H13FN2O6. The summed E-state index contributed by atoms with van der Waals surface area (Å²) in [6.07, 6.45) is 2.45. The first-order chi connectivity index (χ1) is 11.8. The van der Waals surface area contributed by atoms with Gasteiger partial charge in [0.05, 0.1) is 11.0 Å². The second kappa shape index (κ2) is 7.86.